The fraction of sp³-hybridized carbons (Fsp3) is 0.0526. The van der Waals surface area contributed by atoms with Gasteiger partial charge in [-0.1, -0.05) is 36.4 Å². The first-order valence-electron chi connectivity index (χ1n) is 7.72. The molecule has 0 amide bonds. The topological polar surface area (TPSA) is 77.4 Å². The molecule has 0 saturated carbocycles. The first-order chi connectivity index (χ1) is 11.7. The van der Waals surface area contributed by atoms with Crippen molar-refractivity contribution in [3.05, 3.63) is 88.0 Å². The van der Waals surface area contributed by atoms with Crippen molar-refractivity contribution in [1.82, 2.24) is 4.98 Å². The van der Waals surface area contributed by atoms with E-state index >= 15 is 0 Å². The minimum absolute atomic E-state index is 0.159. The van der Waals surface area contributed by atoms with Crippen LogP contribution in [0.5, 0.6) is 0 Å². The van der Waals surface area contributed by atoms with Gasteiger partial charge in [0.15, 0.2) is 0 Å². The summed E-state index contributed by atoms with van der Waals surface area (Å²) in [5.41, 5.74) is 2.61. The van der Waals surface area contributed by atoms with Crippen LogP contribution in [0.3, 0.4) is 0 Å². The van der Waals surface area contributed by atoms with Crippen molar-refractivity contribution in [1.29, 1.82) is 0 Å². The largest absolute Gasteiger partial charge is 0.629 e. The van der Waals surface area contributed by atoms with Gasteiger partial charge in [0.1, 0.15) is 12.2 Å². The number of carbonyl (C=O) groups excluding carboxylic acids is 2. The highest BCUT2D eigenvalue weighted by atomic mass is 16.5. The van der Waals surface area contributed by atoms with Crippen LogP contribution < -0.4 is 5.06 Å². The summed E-state index contributed by atoms with van der Waals surface area (Å²) in [5.74, 6) is -0.487. The second kappa shape index (κ2) is 4.50. The molecular formula is C19H12N2O3. The monoisotopic (exact) mass is 316 g/mol. The molecule has 5 rings (SSSR count). The lowest BCUT2D eigenvalue weighted by molar-refractivity contribution is -0.807. The molecule has 24 heavy (non-hydrogen) atoms. The minimum Gasteiger partial charge on any atom is -0.629 e. The van der Waals surface area contributed by atoms with E-state index in [-0.39, 0.29) is 22.2 Å². The lowest BCUT2D eigenvalue weighted by Gasteiger charge is -2.35. The number of H-pyrrole nitrogens is 1. The molecule has 116 valence electrons. The zero-order valence-electron chi connectivity index (χ0n) is 12.5. The predicted octanol–water partition coefficient (Wildman–Crippen LogP) is 1.62. The first kappa shape index (κ1) is 13.4. The summed E-state index contributed by atoms with van der Waals surface area (Å²) < 4.78 is 0. The predicted molar refractivity (Wildman–Crippen MR) is 88.5 cm³/mol. The molecule has 1 aromatic carbocycles. The Balaban J connectivity index is 1.85. The van der Waals surface area contributed by atoms with Crippen LogP contribution in [0.25, 0.3) is 10.9 Å². The number of aromatic amines is 1. The molecular weight excluding hydrogens is 304 g/mol. The summed E-state index contributed by atoms with van der Waals surface area (Å²) in [4.78, 5) is 29.2. The molecule has 5 nitrogen and oxygen atoms in total. The normalized spacial score (nSPS) is 24.8. The molecule has 3 aliphatic rings. The van der Waals surface area contributed by atoms with Crippen LogP contribution in [0.1, 0.15) is 20.8 Å². The summed E-state index contributed by atoms with van der Waals surface area (Å²) in [6.07, 6.45) is 8.42. The van der Waals surface area contributed by atoms with Crippen molar-refractivity contribution in [2.45, 2.75) is 6.04 Å². The maximum atomic E-state index is 13.1. The highest BCUT2D eigenvalue weighted by Crippen LogP contribution is 2.37. The summed E-state index contributed by atoms with van der Waals surface area (Å²) in [6, 6.07) is 6.85. The molecule has 0 fully saturated rings. The van der Waals surface area contributed by atoms with E-state index in [1.54, 1.807) is 24.3 Å². The summed E-state index contributed by atoms with van der Waals surface area (Å²) in [7, 11) is 0. The molecule has 1 aromatic heterocycles. The zero-order chi connectivity index (χ0) is 16.4. The minimum atomic E-state index is -0.476. The number of quaternary nitrogens is 1. The molecule has 2 aromatic rings. The number of hydrogen-bond donors (Lipinski definition) is 2. The molecule has 5 heteroatoms. The number of hydrogen-bond acceptors (Lipinski definition) is 3. The van der Waals surface area contributed by atoms with Gasteiger partial charge in [0.05, 0.1) is 22.4 Å². The number of Topliss-reactive ketones (excluding diaryl/α,β-unsaturated/α-hetero) is 2. The van der Waals surface area contributed by atoms with Crippen LogP contribution >= 0.6 is 0 Å². The Hall–Kier alpha value is -3.02. The smallest absolute Gasteiger partial charge is 0.211 e. The maximum Gasteiger partial charge on any atom is 0.211 e. The Bertz CT molecular complexity index is 1070. The quantitative estimate of drug-likeness (QED) is 0.725. The van der Waals surface area contributed by atoms with Gasteiger partial charge >= 0.3 is 0 Å². The summed E-state index contributed by atoms with van der Waals surface area (Å²) in [6.45, 7) is 0. The van der Waals surface area contributed by atoms with Crippen LogP contribution in [-0.4, -0.2) is 22.6 Å². The van der Waals surface area contributed by atoms with Crippen LogP contribution in [0.4, 0.5) is 0 Å². The average molecular weight is 316 g/mol. The van der Waals surface area contributed by atoms with Gasteiger partial charge in [0.25, 0.3) is 0 Å². The Morgan fingerprint density at radius 3 is 2.79 bits per heavy atom. The number of carbonyl (C=O) groups is 2. The molecule has 2 atom stereocenters. The Kier molecular flexibility index (Phi) is 2.52. The third kappa shape index (κ3) is 1.55. The fourth-order valence-corrected chi connectivity index (χ4v) is 3.73. The SMILES string of the molecule is O=C1C2=C3C=CC=CC3[NH+]([O-])C=C2C(=O)c2c1[nH]c1ccccc21. The molecule has 0 spiro atoms. The Labute approximate surface area is 136 Å². The number of fused-ring (bicyclic) bond motifs is 5. The van der Waals surface area contributed by atoms with E-state index in [0.29, 0.717) is 27.8 Å². The molecule has 2 unspecified atom stereocenters. The van der Waals surface area contributed by atoms with Crippen molar-refractivity contribution < 1.29 is 14.7 Å². The van der Waals surface area contributed by atoms with E-state index in [9.17, 15) is 14.8 Å². The molecule has 0 radical (unpaired) electrons. The number of aromatic nitrogens is 1. The lowest BCUT2D eigenvalue weighted by Crippen LogP contribution is -3.07. The average Bonchev–Trinajstić information content (AvgIpc) is 3.00. The number of para-hydroxylation sites is 1. The number of allylic oxidation sites excluding steroid dienone is 4. The fourth-order valence-electron chi connectivity index (χ4n) is 3.73. The number of ketones is 2. The summed E-state index contributed by atoms with van der Waals surface area (Å²) in [5, 5.41) is 12.9. The third-order valence-corrected chi connectivity index (χ3v) is 4.81. The number of hydroxylamine groups is 2. The molecule has 0 saturated heterocycles. The second-order valence-electron chi connectivity index (χ2n) is 6.09. The van der Waals surface area contributed by atoms with Crippen LogP contribution in [0, 0.1) is 5.21 Å². The lowest BCUT2D eigenvalue weighted by atomic mass is 9.78. The highest BCUT2D eigenvalue weighted by molar-refractivity contribution is 6.34. The zero-order valence-corrected chi connectivity index (χ0v) is 12.5. The highest BCUT2D eigenvalue weighted by Gasteiger charge is 2.42. The van der Waals surface area contributed by atoms with Gasteiger partial charge in [-0.2, -0.15) is 0 Å². The standard InChI is InChI=1S/C19H12N2O3/c22-18-12-9-21(24)14-8-4-2-6-11(14)15(12)19(23)17-16(18)10-5-1-3-7-13(10)20-17/h1-9,14,20-21H. The summed E-state index contributed by atoms with van der Waals surface area (Å²) >= 11 is 0. The van der Waals surface area contributed by atoms with Crippen LogP contribution in [0.15, 0.2) is 71.5 Å². The Morgan fingerprint density at radius 1 is 1.08 bits per heavy atom. The van der Waals surface area contributed by atoms with E-state index in [1.807, 2.05) is 24.3 Å². The number of benzene rings is 1. The second-order valence-corrected chi connectivity index (χ2v) is 6.09. The Morgan fingerprint density at radius 2 is 1.92 bits per heavy atom. The number of rotatable bonds is 0. The van der Waals surface area contributed by atoms with E-state index in [0.717, 1.165) is 5.52 Å². The van der Waals surface area contributed by atoms with E-state index in [2.05, 4.69) is 4.98 Å². The van der Waals surface area contributed by atoms with Gasteiger partial charge in [-0.05, 0) is 12.1 Å². The maximum absolute atomic E-state index is 13.1. The van der Waals surface area contributed by atoms with Crippen molar-refractivity contribution in [3.63, 3.8) is 0 Å². The van der Waals surface area contributed by atoms with E-state index < -0.39 is 6.04 Å². The molecule has 1 aliphatic heterocycles. The van der Waals surface area contributed by atoms with Crippen molar-refractivity contribution in [2.24, 2.45) is 0 Å². The van der Waals surface area contributed by atoms with Crippen LogP contribution in [0.2, 0.25) is 0 Å². The van der Waals surface area contributed by atoms with Crippen molar-refractivity contribution in [2.75, 3.05) is 0 Å². The van der Waals surface area contributed by atoms with Gasteiger partial charge in [0, 0.05) is 16.5 Å². The molecule has 2 heterocycles. The molecule has 2 N–H and O–H groups in total. The van der Waals surface area contributed by atoms with E-state index in [4.69, 9.17) is 0 Å². The van der Waals surface area contributed by atoms with Gasteiger partial charge < -0.3 is 15.3 Å². The third-order valence-electron chi connectivity index (χ3n) is 4.81. The molecule has 2 aliphatic carbocycles. The van der Waals surface area contributed by atoms with Crippen molar-refractivity contribution in [3.8, 4) is 0 Å². The van der Waals surface area contributed by atoms with Crippen molar-refractivity contribution >= 4 is 22.5 Å². The van der Waals surface area contributed by atoms with Gasteiger partial charge in [0.2, 0.25) is 11.6 Å². The van der Waals surface area contributed by atoms with Gasteiger partial charge in [-0.3, -0.25) is 9.59 Å². The van der Waals surface area contributed by atoms with Crippen LogP contribution in [-0.2, 0) is 0 Å². The first-order valence-corrected chi connectivity index (χ1v) is 7.72. The molecule has 0 bridgehead atoms. The van der Waals surface area contributed by atoms with E-state index in [1.165, 1.54) is 6.20 Å². The van der Waals surface area contributed by atoms with Gasteiger partial charge in [-0.25, -0.2) is 0 Å². The van der Waals surface area contributed by atoms with Gasteiger partial charge in [-0.15, -0.1) is 0 Å². The number of nitrogens with one attached hydrogen (secondary N) is 2.